The maximum Gasteiger partial charge on any atom is 0.131 e. The van der Waals surface area contributed by atoms with Crippen LogP contribution in [0.2, 0.25) is 0 Å². The molecule has 2 aliphatic rings. The standard InChI is InChI=1S/C36H31F/c1-24-19-20-36(23-25-9-3-2-4-10-25,28-21-27-12-6-8-14-30(27)34(37)22-28)33-18-17-31-29-13-7-5-11-26(29)15-16-32(31)35(24)33/h2-14,17-18,21-22,24H,15-16,19-20,23H2,1H3. The van der Waals surface area contributed by atoms with Crippen molar-refractivity contribution < 1.29 is 4.39 Å². The van der Waals surface area contributed by atoms with Gasteiger partial charge in [0, 0.05) is 10.8 Å². The second-order valence-electron chi connectivity index (χ2n) is 11.1. The zero-order valence-corrected chi connectivity index (χ0v) is 21.3. The Hall–Kier alpha value is -3.71. The summed E-state index contributed by atoms with van der Waals surface area (Å²) in [4.78, 5) is 0. The Morgan fingerprint density at radius 2 is 1.57 bits per heavy atom. The molecule has 2 unspecified atom stereocenters. The van der Waals surface area contributed by atoms with Crippen LogP contribution in [0.3, 0.4) is 0 Å². The fourth-order valence-electron chi connectivity index (χ4n) is 7.24. The molecule has 5 aromatic carbocycles. The fourth-order valence-corrected chi connectivity index (χ4v) is 7.24. The Kier molecular flexibility index (Phi) is 5.29. The Morgan fingerprint density at radius 1 is 0.784 bits per heavy atom. The average molecular weight is 483 g/mol. The number of rotatable bonds is 3. The second kappa shape index (κ2) is 8.70. The minimum atomic E-state index is -0.264. The monoisotopic (exact) mass is 482 g/mol. The molecule has 0 radical (unpaired) electrons. The minimum absolute atomic E-state index is 0.118. The van der Waals surface area contributed by atoms with Crippen LogP contribution in [0.1, 0.15) is 59.1 Å². The van der Waals surface area contributed by atoms with Gasteiger partial charge in [0.05, 0.1) is 0 Å². The first-order chi connectivity index (χ1) is 18.1. The van der Waals surface area contributed by atoms with Crippen molar-refractivity contribution in [3.8, 4) is 11.1 Å². The molecule has 0 amide bonds. The van der Waals surface area contributed by atoms with E-state index in [1.165, 1.54) is 38.9 Å². The molecule has 0 bridgehead atoms. The van der Waals surface area contributed by atoms with Crippen LogP contribution in [-0.4, -0.2) is 0 Å². The molecule has 0 fully saturated rings. The summed E-state index contributed by atoms with van der Waals surface area (Å²) in [6, 6.07) is 36.4. The number of halogens is 1. The SMILES string of the molecule is CC1CCC(Cc2ccccc2)(c2cc(F)c3ccccc3c2)c2ccc3c(c21)CCc1ccccc1-3. The van der Waals surface area contributed by atoms with Gasteiger partial charge < -0.3 is 0 Å². The molecule has 0 heterocycles. The van der Waals surface area contributed by atoms with Crippen molar-refractivity contribution in [3.63, 3.8) is 0 Å². The van der Waals surface area contributed by atoms with E-state index in [1.54, 1.807) is 0 Å². The Labute approximate surface area is 218 Å². The summed E-state index contributed by atoms with van der Waals surface area (Å²) < 4.78 is 15.6. The number of hydrogen-bond donors (Lipinski definition) is 0. The molecule has 0 nitrogen and oxygen atoms in total. The highest BCUT2D eigenvalue weighted by Gasteiger charge is 2.42. The third-order valence-electron chi connectivity index (χ3n) is 9.03. The molecule has 7 rings (SSSR count). The van der Waals surface area contributed by atoms with E-state index in [9.17, 15) is 0 Å². The lowest BCUT2D eigenvalue weighted by Crippen LogP contribution is -2.36. The molecule has 0 N–H and O–H groups in total. The van der Waals surface area contributed by atoms with Crippen molar-refractivity contribution in [1.82, 2.24) is 0 Å². The van der Waals surface area contributed by atoms with Crippen LogP contribution in [0.4, 0.5) is 4.39 Å². The molecule has 0 aliphatic heterocycles. The van der Waals surface area contributed by atoms with Crippen LogP contribution < -0.4 is 0 Å². The number of aryl methyl sites for hydroxylation is 1. The molecule has 37 heavy (non-hydrogen) atoms. The topological polar surface area (TPSA) is 0 Å². The van der Waals surface area contributed by atoms with Crippen molar-refractivity contribution in [2.75, 3.05) is 0 Å². The molecular formula is C36H31F. The lowest BCUT2D eigenvalue weighted by molar-refractivity contribution is 0.394. The first-order valence-corrected chi connectivity index (χ1v) is 13.6. The molecule has 182 valence electrons. The van der Waals surface area contributed by atoms with Crippen LogP contribution in [-0.2, 0) is 24.7 Å². The molecule has 2 aliphatic carbocycles. The van der Waals surface area contributed by atoms with Gasteiger partial charge in [-0.2, -0.15) is 0 Å². The molecule has 1 heteroatoms. The maximum atomic E-state index is 15.6. The number of benzene rings is 5. The lowest BCUT2D eigenvalue weighted by Gasteiger charge is -2.44. The zero-order chi connectivity index (χ0) is 25.0. The van der Waals surface area contributed by atoms with Crippen LogP contribution >= 0.6 is 0 Å². The number of fused-ring (bicyclic) bond motifs is 6. The predicted octanol–water partition coefficient (Wildman–Crippen LogP) is 9.17. The van der Waals surface area contributed by atoms with Crippen molar-refractivity contribution in [2.24, 2.45) is 0 Å². The van der Waals surface area contributed by atoms with Crippen LogP contribution in [0.25, 0.3) is 21.9 Å². The Bertz CT molecular complexity index is 1630. The summed E-state index contributed by atoms with van der Waals surface area (Å²) in [5, 5.41) is 1.68. The van der Waals surface area contributed by atoms with Crippen molar-refractivity contribution in [2.45, 2.75) is 50.4 Å². The summed E-state index contributed by atoms with van der Waals surface area (Å²) >= 11 is 0. The van der Waals surface area contributed by atoms with Gasteiger partial charge in [0.1, 0.15) is 5.82 Å². The van der Waals surface area contributed by atoms with Gasteiger partial charge in [0.15, 0.2) is 0 Å². The van der Waals surface area contributed by atoms with Gasteiger partial charge in [0.2, 0.25) is 0 Å². The first-order valence-electron chi connectivity index (χ1n) is 13.6. The largest absolute Gasteiger partial charge is 0.206 e. The molecule has 5 aromatic rings. The van der Waals surface area contributed by atoms with E-state index in [1.807, 2.05) is 30.3 Å². The number of hydrogen-bond acceptors (Lipinski definition) is 0. The van der Waals surface area contributed by atoms with Crippen LogP contribution in [0.15, 0.2) is 103 Å². The van der Waals surface area contributed by atoms with E-state index in [-0.39, 0.29) is 11.2 Å². The normalized spacial score (nSPS) is 20.2. The van der Waals surface area contributed by atoms with Gasteiger partial charge in [-0.1, -0.05) is 104 Å². The van der Waals surface area contributed by atoms with Gasteiger partial charge in [-0.25, -0.2) is 4.39 Å². The third-order valence-corrected chi connectivity index (χ3v) is 9.03. The summed E-state index contributed by atoms with van der Waals surface area (Å²) in [7, 11) is 0. The van der Waals surface area contributed by atoms with Crippen molar-refractivity contribution in [1.29, 1.82) is 0 Å². The van der Waals surface area contributed by atoms with Crippen LogP contribution in [0, 0.1) is 5.82 Å². The van der Waals surface area contributed by atoms with Gasteiger partial charge in [-0.3, -0.25) is 0 Å². The van der Waals surface area contributed by atoms with E-state index < -0.39 is 0 Å². The predicted molar refractivity (Wildman–Crippen MR) is 152 cm³/mol. The summed E-state index contributed by atoms with van der Waals surface area (Å²) in [5.74, 6) is 0.372. The highest BCUT2D eigenvalue weighted by atomic mass is 19.1. The highest BCUT2D eigenvalue weighted by Crippen LogP contribution is 2.52. The molecule has 2 atom stereocenters. The van der Waals surface area contributed by atoms with Gasteiger partial charge in [-0.15, -0.1) is 0 Å². The first kappa shape index (κ1) is 22.5. The smallest absolute Gasteiger partial charge is 0.131 e. The molecular weight excluding hydrogens is 451 g/mol. The molecule has 0 aromatic heterocycles. The van der Waals surface area contributed by atoms with Gasteiger partial charge in [-0.05, 0) is 94.0 Å². The van der Waals surface area contributed by atoms with Gasteiger partial charge in [0.25, 0.3) is 0 Å². The van der Waals surface area contributed by atoms with E-state index in [2.05, 4.69) is 79.7 Å². The fraction of sp³-hybridized carbons (Fsp3) is 0.222. The van der Waals surface area contributed by atoms with E-state index in [0.717, 1.165) is 43.1 Å². The quantitative estimate of drug-likeness (QED) is 0.240. The highest BCUT2D eigenvalue weighted by molar-refractivity contribution is 5.84. The van der Waals surface area contributed by atoms with Crippen molar-refractivity contribution >= 4 is 10.8 Å². The summed E-state index contributed by atoms with van der Waals surface area (Å²) in [6.45, 7) is 2.40. The zero-order valence-electron chi connectivity index (χ0n) is 21.3. The van der Waals surface area contributed by atoms with Crippen LogP contribution in [0.5, 0.6) is 0 Å². The Balaban J connectivity index is 1.50. The third kappa shape index (κ3) is 3.55. The minimum Gasteiger partial charge on any atom is -0.206 e. The maximum absolute atomic E-state index is 15.6. The van der Waals surface area contributed by atoms with E-state index >= 15 is 4.39 Å². The molecule has 0 saturated carbocycles. The lowest BCUT2D eigenvalue weighted by atomic mass is 9.59. The van der Waals surface area contributed by atoms with E-state index in [0.29, 0.717) is 11.3 Å². The molecule has 0 spiro atoms. The summed E-state index contributed by atoms with van der Waals surface area (Å²) in [6.07, 6.45) is 5.16. The van der Waals surface area contributed by atoms with Crippen molar-refractivity contribution in [3.05, 3.63) is 142 Å². The average Bonchev–Trinajstić information content (AvgIpc) is 2.94. The summed E-state index contributed by atoms with van der Waals surface area (Å²) in [5.41, 5.74) is 10.8. The second-order valence-corrected chi connectivity index (χ2v) is 11.1. The van der Waals surface area contributed by atoms with Gasteiger partial charge >= 0.3 is 0 Å². The molecule has 0 saturated heterocycles. The van der Waals surface area contributed by atoms with E-state index in [4.69, 9.17) is 0 Å². The Morgan fingerprint density at radius 3 is 2.46 bits per heavy atom.